The molecule has 0 spiro atoms. The van der Waals surface area contributed by atoms with Gasteiger partial charge in [-0.25, -0.2) is 0 Å². The first-order valence-corrected chi connectivity index (χ1v) is 6.60. The van der Waals surface area contributed by atoms with Gasteiger partial charge >= 0.3 is 6.18 Å². The van der Waals surface area contributed by atoms with E-state index in [1.807, 2.05) is 0 Å². The Balaban J connectivity index is 1.84. The summed E-state index contributed by atoms with van der Waals surface area (Å²) in [5.74, 6) is 0.954. The molecular formula is C12H12BrF3N2. The van der Waals surface area contributed by atoms with Crippen LogP contribution in [-0.4, -0.2) is 19.1 Å². The van der Waals surface area contributed by atoms with Crippen molar-refractivity contribution in [3.8, 4) is 0 Å². The van der Waals surface area contributed by atoms with E-state index >= 15 is 0 Å². The van der Waals surface area contributed by atoms with E-state index < -0.39 is 11.7 Å². The average Bonchev–Trinajstić information content (AvgIpc) is 2.72. The molecule has 2 fully saturated rings. The van der Waals surface area contributed by atoms with Crippen molar-refractivity contribution in [2.45, 2.75) is 12.2 Å². The molecule has 2 N–H and O–H groups in total. The maximum Gasteiger partial charge on any atom is 0.418 e. The van der Waals surface area contributed by atoms with Gasteiger partial charge in [-0.3, -0.25) is 0 Å². The second-order valence-corrected chi connectivity index (χ2v) is 5.76. The molecule has 6 heteroatoms. The third-order valence-electron chi connectivity index (χ3n) is 3.70. The molecule has 1 saturated carbocycles. The van der Waals surface area contributed by atoms with Gasteiger partial charge in [0, 0.05) is 29.3 Å². The Morgan fingerprint density at radius 2 is 1.89 bits per heavy atom. The minimum absolute atomic E-state index is 0.177. The van der Waals surface area contributed by atoms with E-state index in [9.17, 15) is 13.2 Å². The van der Waals surface area contributed by atoms with Crippen molar-refractivity contribution in [2.24, 2.45) is 11.8 Å². The Labute approximate surface area is 111 Å². The van der Waals surface area contributed by atoms with E-state index in [2.05, 4.69) is 26.6 Å². The predicted molar refractivity (Wildman–Crippen MR) is 66.4 cm³/mol. The SMILES string of the molecule is FC(F)(F)c1ccc(Br)cc1NC1C2CNCC21. The Kier molecular flexibility index (Phi) is 2.82. The van der Waals surface area contributed by atoms with Gasteiger partial charge in [0.1, 0.15) is 0 Å². The molecule has 0 bridgehead atoms. The van der Waals surface area contributed by atoms with Crippen LogP contribution in [0.1, 0.15) is 5.56 Å². The van der Waals surface area contributed by atoms with Crippen molar-refractivity contribution in [1.82, 2.24) is 5.32 Å². The smallest absolute Gasteiger partial charge is 0.381 e. The van der Waals surface area contributed by atoms with Crippen molar-refractivity contribution >= 4 is 21.6 Å². The molecule has 1 aromatic carbocycles. The fourth-order valence-electron chi connectivity index (χ4n) is 2.70. The zero-order valence-electron chi connectivity index (χ0n) is 9.39. The Morgan fingerprint density at radius 1 is 1.22 bits per heavy atom. The zero-order chi connectivity index (χ0) is 12.9. The summed E-state index contributed by atoms with van der Waals surface area (Å²) >= 11 is 3.21. The monoisotopic (exact) mass is 320 g/mol. The summed E-state index contributed by atoms with van der Waals surface area (Å²) in [5.41, 5.74) is -0.417. The lowest BCUT2D eigenvalue weighted by Gasteiger charge is -2.16. The lowest BCUT2D eigenvalue weighted by atomic mass is 10.1. The van der Waals surface area contributed by atoms with Crippen molar-refractivity contribution < 1.29 is 13.2 Å². The molecule has 1 aliphatic carbocycles. The second kappa shape index (κ2) is 4.13. The molecule has 2 unspecified atom stereocenters. The lowest BCUT2D eigenvalue weighted by molar-refractivity contribution is -0.137. The normalized spacial score (nSPS) is 30.1. The number of fused-ring (bicyclic) bond motifs is 1. The van der Waals surface area contributed by atoms with Crippen molar-refractivity contribution in [2.75, 3.05) is 18.4 Å². The maximum atomic E-state index is 12.9. The average molecular weight is 321 g/mol. The van der Waals surface area contributed by atoms with Gasteiger partial charge in [-0.1, -0.05) is 15.9 Å². The summed E-state index contributed by atoms with van der Waals surface area (Å²) < 4.78 is 39.3. The number of halogens is 4. The quantitative estimate of drug-likeness (QED) is 0.875. The van der Waals surface area contributed by atoms with Gasteiger partial charge in [-0.2, -0.15) is 13.2 Å². The minimum Gasteiger partial charge on any atom is -0.381 e. The number of rotatable bonds is 2. The van der Waals surface area contributed by atoms with Crippen molar-refractivity contribution in [3.63, 3.8) is 0 Å². The molecule has 0 radical (unpaired) electrons. The summed E-state index contributed by atoms with van der Waals surface area (Å²) in [7, 11) is 0. The van der Waals surface area contributed by atoms with E-state index in [1.54, 1.807) is 0 Å². The first kappa shape index (κ1) is 12.3. The van der Waals surface area contributed by atoms with Crippen LogP contribution in [0.2, 0.25) is 0 Å². The van der Waals surface area contributed by atoms with Crippen LogP contribution in [0.15, 0.2) is 22.7 Å². The predicted octanol–water partition coefficient (Wildman–Crippen LogP) is 3.10. The molecule has 1 aliphatic heterocycles. The fourth-order valence-corrected chi connectivity index (χ4v) is 3.06. The number of hydrogen-bond acceptors (Lipinski definition) is 2. The number of nitrogens with one attached hydrogen (secondary N) is 2. The summed E-state index contributed by atoms with van der Waals surface area (Å²) in [4.78, 5) is 0. The topological polar surface area (TPSA) is 24.1 Å². The van der Waals surface area contributed by atoms with E-state index in [0.29, 0.717) is 16.3 Å². The van der Waals surface area contributed by atoms with Crippen LogP contribution in [-0.2, 0) is 6.18 Å². The number of alkyl halides is 3. The highest BCUT2D eigenvalue weighted by atomic mass is 79.9. The lowest BCUT2D eigenvalue weighted by Crippen LogP contribution is -2.22. The minimum atomic E-state index is -4.31. The molecule has 18 heavy (non-hydrogen) atoms. The van der Waals surface area contributed by atoms with Crippen molar-refractivity contribution in [3.05, 3.63) is 28.2 Å². The third-order valence-corrected chi connectivity index (χ3v) is 4.19. The Hall–Kier alpha value is -0.750. The van der Waals surface area contributed by atoms with Crippen LogP contribution in [0.5, 0.6) is 0 Å². The molecule has 1 aromatic rings. The van der Waals surface area contributed by atoms with Gasteiger partial charge in [0.2, 0.25) is 0 Å². The highest BCUT2D eigenvalue weighted by Crippen LogP contribution is 2.45. The molecule has 0 amide bonds. The molecule has 98 valence electrons. The van der Waals surface area contributed by atoms with Gasteiger partial charge in [0.25, 0.3) is 0 Å². The van der Waals surface area contributed by atoms with Crippen LogP contribution in [0.3, 0.4) is 0 Å². The van der Waals surface area contributed by atoms with Gasteiger partial charge in [0.15, 0.2) is 0 Å². The highest BCUT2D eigenvalue weighted by Gasteiger charge is 2.53. The number of piperidine rings is 1. The summed E-state index contributed by atoms with van der Waals surface area (Å²) in [6, 6.07) is 4.22. The van der Waals surface area contributed by atoms with Crippen LogP contribution < -0.4 is 10.6 Å². The second-order valence-electron chi connectivity index (χ2n) is 4.84. The summed E-state index contributed by atoms with van der Waals surface area (Å²) in [6.07, 6.45) is -4.31. The largest absolute Gasteiger partial charge is 0.418 e. The van der Waals surface area contributed by atoms with Crippen LogP contribution in [0, 0.1) is 11.8 Å². The summed E-state index contributed by atoms with van der Waals surface area (Å²) in [6.45, 7) is 1.80. The van der Waals surface area contributed by atoms with Crippen LogP contribution >= 0.6 is 15.9 Å². The number of benzene rings is 1. The first-order chi connectivity index (χ1) is 8.47. The van der Waals surface area contributed by atoms with E-state index in [1.165, 1.54) is 12.1 Å². The van der Waals surface area contributed by atoms with Crippen LogP contribution in [0.25, 0.3) is 0 Å². The van der Waals surface area contributed by atoms with E-state index in [-0.39, 0.29) is 11.7 Å². The maximum absolute atomic E-state index is 12.9. The van der Waals surface area contributed by atoms with Gasteiger partial charge in [-0.15, -0.1) is 0 Å². The molecule has 2 aliphatic rings. The van der Waals surface area contributed by atoms with Crippen molar-refractivity contribution in [1.29, 1.82) is 0 Å². The Bertz CT molecular complexity index is 465. The first-order valence-electron chi connectivity index (χ1n) is 5.81. The standard InChI is InChI=1S/C12H12BrF3N2/c13-6-1-2-9(12(14,15)16)10(3-6)18-11-7-4-17-5-8(7)11/h1-3,7-8,11,17-18H,4-5H2. The third kappa shape index (κ3) is 2.12. The molecule has 2 atom stereocenters. The van der Waals surface area contributed by atoms with Gasteiger partial charge in [-0.05, 0) is 30.0 Å². The van der Waals surface area contributed by atoms with E-state index in [4.69, 9.17) is 0 Å². The molecular weight excluding hydrogens is 309 g/mol. The molecule has 1 saturated heterocycles. The molecule has 3 rings (SSSR count). The Morgan fingerprint density at radius 3 is 2.50 bits per heavy atom. The van der Waals surface area contributed by atoms with E-state index in [0.717, 1.165) is 19.2 Å². The molecule has 2 nitrogen and oxygen atoms in total. The fraction of sp³-hybridized carbons (Fsp3) is 0.500. The molecule has 0 aromatic heterocycles. The summed E-state index contributed by atoms with van der Waals surface area (Å²) in [5, 5.41) is 6.27. The zero-order valence-corrected chi connectivity index (χ0v) is 11.0. The van der Waals surface area contributed by atoms with Gasteiger partial charge < -0.3 is 10.6 Å². The number of anilines is 1. The van der Waals surface area contributed by atoms with Gasteiger partial charge in [0.05, 0.1) is 5.56 Å². The highest BCUT2D eigenvalue weighted by molar-refractivity contribution is 9.10. The van der Waals surface area contributed by atoms with Crippen LogP contribution in [0.4, 0.5) is 18.9 Å². The molecule has 1 heterocycles. The number of hydrogen-bond donors (Lipinski definition) is 2.